The van der Waals surface area contributed by atoms with Gasteiger partial charge < -0.3 is 10.1 Å². The fourth-order valence-corrected chi connectivity index (χ4v) is 3.20. The molecule has 3 rings (SSSR count). The lowest BCUT2D eigenvalue weighted by Gasteiger charge is -2.09. The van der Waals surface area contributed by atoms with Crippen LogP contribution in [-0.2, 0) is 0 Å². The van der Waals surface area contributed by atoms with Crippen molar-refractivity contribution in [2.45, 2.75) is 0 Å². The van der Waals surface area contributed by atoms with Crippen molar-refractivity contribution in [3.63, 3.8) is 0 Å². The van der Waals surface area contributed by atoms with Crippen LogP contribution in [0.15, 0.2) is 42.5 Å². The first-order chi connectivity index (χ1) is 11.5. The Balaban J connectivity index is 1.94. The van der Waals surface area contributed by atoms with E-state index in [0.717, 1.165) is 11.3 Å². The fraction of sp³-hybridized carbons (Fsp3) is 0.0625. The molecule has 0 atom stereocenters. The van der Waals surface area contributed by atoms with Crippen molar-refractivity contribution in [2.75, 3.05) is 12.4 Å². The molecule has 0 fully saturated rings. The predicted octanol–water partition coefficient (Wildman–Crippen LogP) is 4.21. The molecule has 1 N–H and O–H groups in total. The summed E-state index contributed by atoms with van der Waals surface area (Å²) in [6.07, 6.45) is 0. The number of anilines is 1. The quantitative estimate of drug-likeness (QED) is 0.567. The molecule has 0 aliphatic carbocycles. The molecule has 1 amide bonds. The topological polar surface area (TPSA) is 81.5 Å². The number of rotatable bonds is 4. The van der Waals surface area contributed by atoms with E-state index in [4.69, 9.17) is 4.74 Å². The Morgan fingerprint density at radius 2 is 2.08 bits per heavy atom. The van der Waals surface area contributed by atoms with Crippen molar-refractivity contribution in [1.82, 2.24) is 0 Å². The summed E-state index contributed by atoms with van der Waals surface area (Å²) in [6.45, 7) is 0. The van der Waals surface area contributed by atoms with Gasteiger partial charge in [0.2, 0.25) is 0 Å². The molecule has 8 heteroatoms. The van der Waals surface area contributed by atoms with Crippen LogP contribution in [0.3, 0.4) is 0 Å². The van der Waals surface area contributed by atoms with E-state index in [9.17, 15) is 19.3 Å². The van der Waals surface area contributed by atoms with E-state index < -0.39 is 16.6 Å². The SMILES string of the molecule is COc1ccc([N+](=O)[O-])cc1NC(=O)c1cc2c(F)cccc2s1. The molecule has 0 radical (unpaired) electrons. The second-order valence-corrected chi connectivity index (χ2v) is 5.94. The van der Waals surface area contributed by atoms with Crippen LogP contribution in [0.5, 0.6) is 5.75 Å². The van der Waals surface area contributed by atoms with E-state index in [2.05, 4.69) is 5.32 Å². The number of hydrogen-bond acceptors (Lipinski definition) is 5. The standard InChI is InChI=1S/C16H11FN2O4S/c1-23-13-6-5-9(19(21)22)7-12(13)18-16(20)15-8-10-11(17)3-2-4-14(10)24-15/h2-8H,1H3,(H,18,20). The molecule has 1 aromatic heterocycles. The van der Waals surface area contributed by atoms with Gasteiger partial charge in [-0.3, -0.25) is 14.9 Å². The molecule has 1 heterocycles. The fourth-order valence-electron chi connectivity index (χ4n) is 2.23. The van der Waals surface area contributed by atoms with Crippen LogP contribution < -0.4 is 10.1 Å². The van der Waals surface area contributed by atoms with Gasteiger partial charge in [0.25, 0.3) is 11.6 Å². The second-order valence-electron chi connectivity index (χ2n) is 4.86. The summed E-state index contributed by atoms with van der Waals surface area (Å²) in [5.41, 5.74) is 0.00288. The minimum atomic E-state index is -0.566. The summed E-state index contributed by atoms with van der Waals surface area (Å²) in [6, 6.07) is 9.95. The Kier molecular flexibility index (Phi) is 4.13. The zero-order chi connectivity index (χ0) is 17.3. The number of nitro groups is 1. The Morgan fingerprint density at radius 1 is 1.29 bits per heavy atom. The molecule has 0 unspecified atom stereocenters. The molecule has 6 nitrogen and oxygen atoms in total. The molecular weight excluding hydrogens is 335 g/mol. The number of thiophene rings is 1. The highest BCUT2D eigenvalue weighted by Crippen LogP contribution is 2.31. The molecule has 0 spiro atoms. The third-order valence-electron chi connectivity index (χ3n) is 3.37. The highest BCUT2D eigenvalue weighted by Gasteiger charge is 2.17. The van der Waals surface area contributed by atoms with Crippen molar-refractivity contribution in [2.24, 2.45) is 0 Å². The van der Waals surface area contributed by atoms with Crippen molar-refractivity contribution in [1.29, 1.82) is 0 Å². The number of methoxy groups -OCH3 is 1. The van der Waals surface area contributed by atoms with Gasteiger partial charge in [0.1, 0.15) is 11.6 Å². The number of fused-ring (bicyclic) bond motifs is 1. The predicted molar refractivity (Wildman–Crippen MR) is 89.4 cm³/mol. The van der Waals surface area contributed by atoms with Crippen LogP contribution in [0, 0.1) is 15.9 Å². The van der Waals surface area contributed by atoms with Crippen molar-refractivity contribution in [3.8, 4) is 5.75 Å². The molecule has 0 saturated carbocycles. The molecule has 3 aromatic rings. The highest BCUT2D eigenvalue weighted by molar-refractivity contribution is 7.20. The van der Waals surface area contributed by atoms with E-state index in [1.807, 2.05) is 0 Å². The highest BCUT2D eigenvalue weighted by atomic mass is 32.1. The number of non-ortho nitro benzene ring substituents is 1. The minimum absolute atomic E-state index is 0.173. The molecule has 0 aliphatic heterocycles. The van der Waals surface area contributed by atoms with Crippen molar-refractivity contribution in [3.05, 3.63) is 63.3 Å². The maximum Gasteiger partial charge on any atom is 0.271 e. The van der Waals surface area contributed by atoms with Gasteiger partial charge in [-0.2, -0.15) is 0 Å². The molecule has 122 valence electrons. The first kappa shape index (κ1) is 15.9. The zero-order valence-corrected chi connectivity index (χ0v) is 13.2. The van der Waals surface area contributed by atoms with E-state index >= 15 is 0 Å². The number of hydrogen-bond donors (Lipinski definition) is 1. The summed E-state index contributed by atoms with van der Waals surface area (Å²) < 4.78 is 19.5. The average molecular weight is 346 g/mol. The number of halogens is 1. The van der Waals surface area contributed by atoms with Crippen LogP contribution in [0.2, 0.25) is 0 Å². The van der Waals surface area contributed by atoms with E-state index in [0.29, 0.717) is 20.7 Å². The van der Waals surface area contributed by atoms with Crippen LogP contribution >= 0.6 is 11.3 Å². The second kappa shape index (κ2) is 6.25. The van der Waals surface area contributed by atoms with Gasteiger partial charge in [0, 0.05) is 22.2 Å². The van der Waals surface area contributed by atoms with E-state index in [1.54, 1.807) is 12.1 Å². The lowest BCUT2D eigenvalue weighted by molar-refractivity contribution is -0.384. The number of nitrogens with one attached hydrogen (secondary N) is 1. The lowest BCUT2D eigenvalue weighted by Crippen LogP contribution is -2.11. The van der Waals surface area contributed by atoms with Crippen LogP contribution in [0.4, 0.5) is 15.8 Å². The number of ether oxygens (including phenoxy) is 1. The van der Waals surface area contributed by atoms with Gasteiger partial charge in [-0.15, -0.1) is 11.3 Å². The average Bonchev–Trinajstić information content (AvgIpc) is 3.00. The number of carbonyl (C=O) groups is 1. The van der Waals surface area contributed by atoms with Crippen LogP contribution in [0.1, 0.15) is 9.67 Å². The maximum atomic E-state index is 13.7. The normalized spacial score (nSPS) is 10.6. The molecule has 2 aromatic carbocycles. The van der Waals surface area contributed by atoms with Crippen LogP contribution in [0.25, 0.3) is 10.1 Å². The van der Waals surface area contributed by atoms with Crippen molar-refractivity contribution >= 4 is 38.7 Å². The Morgan fingerprint density at radius 3 is 2.75 bits per heavy atom. The summed E-state index contributed by atoms with van der Waals surface area (Å²) >= 11 is 1.14. The van der Waals surface area contributed by atoms with Gasteiger partial charge in [0.05, 0.1) is 22.6 Å². The summed E-state index contributed by atoms with van der Waals surface area (Å²) in [5.74, 6) is -0.605. The Hall–Kier alpha value is -3.00. The Bertz CT molecular complexity index is 954. The largest absolute Gasteiger partial charge is 0.495 e. The van der Waals surface area contributed by atoms with Gasteiger partial charge in [-0.1, -0.05) is 6.07 Å². The van der Waals surface area contributed by atoms with Gasteiger partial charge in [-0.25, -0.2) is 4.39 Å². The number of carbonyl (C=O) groups excluding carboxylic acids is 1. The number of nitro benzene ring substituents is 1. The first-order valence-electron chi connectivity index (χ1n) is 6.81. The summed E-state index contributed by atoms with van der Waals surface area (Å²) in [5, 5.41) is 13.8. The summed E-state index contributed by atoms with van der Waals surface area (Å²) in [4.78, 5) is 23.0. The van der Waals surface area contributed by atoms with Gasteiger partial charge >= 0.3 is 0 Å². The molecule has 24 heavy (non-hydrogen) atoms. The number of nitrogens with zero attached hydrogens (tertiary/aromatic N) is 1. The summed E-state index contributed by atoms with van der Waals surface area (Å²) in [7, 11) is 1.39. The smallest absolute Gasteiger partial charge is 0.271 e. The van der Waals surface area contributed by atoms with Gasteiger partial charge in [-0.05, 0) is 24.3 Å². The Labute approximate surface area is 139 Å². The van der Waals surface area contributed by atoms with Crippen molar-refractivity contribution < 1.29 is 18.8 Å². The zero-order valence-electron chi connectivity index (χ0n) is 12.4. The monoisotopic (exact) mass is 346 g/mol. The lowest BCUT2D eigenvalue weighted by atomic mass is 10.2. The van der Waals surface area contributed by atoms with E-state index in [-0.39, 0.29) is 11.4 Å². The molecular formula is C16H11FN2O4S. The number of benzene rings is 2. The molecule has 0 bridgehead atoms. The van der Waals surface area contributed by atoms with Gasteiger partial charge in [0.15, 0.2) is 0 Å². The third kappa shape index (κ3) is 2.91. The third-order valence-corrected chi connectivity index (χ3v) is 4.47. The minimum Gasteiger partial charge on any atom is -0.495 e. The van der Waals surface area contributed by atoms with E-state index in [1.165, 1.54) is 37.4 Å². The van der Waals surface area contributed by atoms with Crippen LogP contribution in [-0.4, -0.2) is 17.9 Å². The number of amides is 1. The maximum absolute atomic E-state index is 13.7. The molecule has 0 saturated heterocycles. The first-order valence-corrected chi connectivity index (χ1v) is 7.63. The molecule has 0 aliphatic rings.